The van der Waals surface area contributed by atoms with Crippen molar-refractivity contribution < 1.29 is 23.9 Å². The van der Waals surface area contributed by atoms with E-state index in [1.54, 1.807) is 0 Å². The van der Waals surface area contributed by atoms with E-state index in [9.17, 15) is 4.79 Å². The zero-order valence-corrected chi connectivity index (χ0v) is 17.4. The molecule has 2 aromatic rings. The van der Waals surface area contributed by atoms with Crippen LogP contribution in [-0.4, -0.2) is 62.1 Å². The van der Waals surface area contributed by atoms with Gasteiger partial charge in [0.25, 0.3) is 0 Å². The molecular weight excluding hydrogens is 366 g/mol. The topological polar surface area (TPSA) is 55.8 Å². The summed E-state index contributed by atoms with van der Waals surface area (Å²) in [5.41, 5.74) is 0.191. The average molecular weight is 399 g/mol. The monoisotopic (exact) mass is 398 g/mol. The van der Waals surface area contributed by atoms with Gasteiger partial charge in [-0.05, 0) is 24.0 Å². The Balaban J connectivity index is 1.97. The third kappa shape index (κ3) is 5.04. The molecule has 0 aliphatic carbocycles. The summed E-state index contributed by atoms with van der Waals surface area (Å²) in [6, 6.07) is 19.1. The van der Waals surface area contributed by atoms with Gasteiger partial charge in [-0.15, -0.1) is 0 Å². The summed E-state index contributed by atoms with van der Waals surface area (Å²) in [5.74, 6) is -0.370. The Kier molecular flexibility index (Phi) is 7.06. The number of esters is 1. The molecular formula is C24H32NO4+. The second-order valence-corrected chi connectivity index (χ2v) is 8.35. The normalized spacial score (nSPS) is 18.5. The minimum atomic E-state index is -1.32. The average Bonchev–Trinajstić information content (AvgIpc) is 3.07. The van der Waals surface area contributed by atoms with Crippen molar-refractivity contribution in [2.75, 3.05) is 40.4 Å². The fourth-order valence-electron chi connectivity index (χ4n) is 3.97. The quantitative estimate of drug-likeness (QED) is 0.401. The highest BCUT2D eigenvalue weighted by Gasteiger charge is 2.47. The molecule has 0 amide bonds. The number of unbranched alkanes of at least 4 members (excludes halogenated alkanes) is 1. The molecule has 5 nitrogen and oxygen atoms in total. The molecule has 0 aromatic heterocycles. The van der Waals surface area contributed by atoms with Gasteiger partial charge in [-0.1, -0.05) is 60.7 Å². The molecule has 0 saturated carbocycles. The number of rotatable bonds is 9. The molecule has 1 fully saturated rings. The number of hydrogen-bond donors (Lipinski definition) is 1. The second kappa shape index (κ2) is 9.53. The lowest BCUT2D eigenvalue weighted by Gasteiger charge is -2.33. The standard InChI is InChI=1S/C24H32NO4/c1-25(2)16-15-22(19-25)29-23(27)24(28-18-10-9-17-26,20-11-5-3-6-12-20)21-13-7-4-8-14-21/h3-8,11-14,22,26H,9-10,15-19H2,1-2H3/q+1. The maximum Gasteiger partial charge on any atom is 0.348 e. The van der Waals surface area contributed by atoms with Crippen molar-refractivity contribution in [3.8, 4) is 0 Å². The number of carbonyl (C=O) groups is 1. The van der Waals surface area contributed by atoms with Crippen LogP contribution in [0.4, 0.5) is 0 Å². The Morgan fingerprint density at radius 1 is 1.03 bits per heavy atom. The number of hydrogen-bond acceptors (Lipinski definition) is 4. The smallest absolute Gasteiger partial charge is 0.348 e. The molecule has 1 heterocycles. The van der Waals surface area contributed by atoms with Crippen LogP contribution in [0.15, 0.2) is 60.7 Å². The van der Waals surface area contributed by atoms with Gasteiger partial charge < -0.3 is 19.1 Å². The van der Waals surface area contributed by atoms with Crippen LogP contribution in [0.2, 0.25) is 0 Å². The molecule has 1 aliphatic heterocycles. The molecule has 29 heavy (non-hydrogen) atoms. The summed E-state index contributed by atoms with van der Waals surface area (Å²) < 4.78 is 13.2. The molecule has 5 heteroatoms. The van der Waals surface area contributed by atoms with Crippen molar-refractivity contribution in [3.05, 3.63) is 71.8 Å². The molecule has 1 saturated heterocycles. The van der Waals surface area contributed by atoms with Gasteiger partial charge in [-0.3, -0.25) is 0 Å². The van der Waals surface area contributed by atoms with E-state index in [0.29, 0.717) is 19.4 Å². The SMILES string of the molecule is C[N+]1(C)CCC(OC(=O)C(OCCCCO)(c2ccccc2)c2ccccc2)C1. The second-order valence-electron chi connectivity index (χ2n) is 8.35. The largest absolute Gasteiger partial charge is 0.453 e. The number of aliphatic hydroxyl groups is 1. The minimum Gasteiger partial charge on any atom is -0.453 e. The van der Waals surface area contributed by atoms with Crippen molar-refractivity contribution in [1.29, 1.82) is 0 Å². The fourth-order valence-corrected chi connectivity index (χ4v) is 3.97. The van der Waals surface area contributed by atoms with Crippen LogP contribution in [0.25, 0.3) is 0 Å². The van der Waals surface area contributed by atoms with Gasteiger partial charge in [0.05, 0.1) is 20.6 Å². The van der Waals surface area contributed by atoms with E-state index in [0.717, 1.165) is 35.1 Å². The summed E-state index contributed by atoms with van der Waals surface area (Å²) in [4.78, 5) is 13.7. The summed E-state index contributed by atoms with van der Waals surface area (Å²) >= 11 is 0. The van der Waals surface area contributed by atoms with E-state index in [1.807, 2.05) is 60.7 Å². The first kappa shape index (κ1) is 21.5. The van der Waals surface area contributed by atoms with Crippen molar-refractivity contribution in [2.24, 2.45) is 0 Å². The molecule has 1 N–H and O–H groups in total. The number of ether oxygens (including phenoxy) is 2. The van der Waals surface area contributed by atoms with Gasteiger partial charge in [0.1, 0.15) is 6.54 Å². The zero-order valence-electron chi connectivity index (χ0n) is 17.4. The molecule has 0 spiro atoms. The first-order chi connectivity index (χ1) is 14.0. The number of benzene rings is 2. The molecule has 3 rings (SSSR count). The Hall–Kier alpha value is -2.21. The highest BCUT2D eigenvalue weighted by molar-refractivity contribution is 5.86. The Labute approximate surface area is 173 Å². The van der Waals surface area contributed by atoms with Crippen LogP contribution < -0.4 is 0 Å². The van der Waals surface area contributed by atoms with E-state index in [2.05, 4.69) is 14.1 Å². The van der Waals surface area contributed by atoms with Crippen LogP contribution in [0, 0.1) is 0 Å². The van der Waals surface area contributed by atoms with Crippen LogP contribution in [0.5, 0.6) is 0 Å². The van der Waals surface area contributed by atoms with Gasteiger partial charge >= 0.3 is 5.97 Å². The minimum absolute atomic E-state index is 0.104. The molecule has 1 unspecified atom stereocenters. The fraction of sp³-hybridized carbons (Fsp3) is 0.458. The van der Waals surface area contributed by atoms with E-state index in [4.69, 9.17) is 14.6 Å². The number of likely N-dealkylation sites (tertiary alicyclic amines) is 1. The maximum atomic E-state index is 13.7. The predicted octanol–water partition coefficient (Wildman–Crippen LogP) is 3.11. The third-order valence-corrected chi connectivity index (χ3v) is 5.55. The first-order valence-corrected chi connectivity index (χ1v) is 10.4. The molecule has 0 radical (unpaired) electrons. The van der Waals surface area contributed by atoms with Gasteiger partial charge in [0.2, 0.25) is 5.60 Å². The van der Waals surface area contributed by atoms with Crippen LogP contribution in [-0.2, 0) is 19.9 Å². The number of carbonyl (C=O) groups excluding carboxylic acids is 1. The lowest BCUT2D eigenvalue weighted by Crippen LogP contribution is -2.44. The highest BCUT2D eigenvalue weighted by atomic mass is 16.6. The van der Waals surface area contributed by atoms with Crippen molar-refractivity contribution >= 4 is 5.97 Å². The van der Waals surface area contributed by atoms with Crippen LogP contribution >= 0.6 is 0 Å². The first-order valence-electron chi connectivity index (χ1n) is 10.4. The van der Waals surface area contributed by atoms with Crippen LogP contribution in [0.3, 0.4) is 0 Å². The molecule has 1 atom stereocenters. The van der Waals surface area contributed by atoms with Gasteiger partial charge in [-0.25, -0.2) is 4.79 Å². The van der Waals surface area contributed by atoms with E-state index < -0.39 is 5.60 Å². The van der Waals surface area contributed by atoms with Crippen molar-refractivity contribution in [1.82, 2.24) is 0 Å². The molecule has 2 aromatic carbocycles. The highest BCUT2D eigenvalue weighted by Crippen LogP contribution is 2.36. The van der Waals surface area contributed by atoms with Gasteiger partial charge in [0.15, 0.2) is 6.10 Å². The van der Waals surface area contributed by atoms with Crippen LogP contribution in [0.1, 0.15) is 30.4 Å². The Morgan fingerprint density at radius 2 is 1.62 bits per heavy atom. The number of likely N-dealkylation sites (N-methyl/N-ethyl adjacent to an activating group) is 1. The zero-order chi connectivity index (χ0) is 20.7. The van der Waals surface area contributed by atoms with Crippen molar-refractivity contribution in [3.63, 3.8) is 0 Å². The number of aliphatic hydroxyl groups excluding tert-OH is 1. The van der Waals surface area contributed by atoms with E-state index >= 15 is 0 Å². The number of quaternary nitrogens is 1. The van der Waals surface area contributed by atoms with E-state index in [-0.39, 0.29) is 18.7 Å². The lowest BCUT2D eigenvalue weighted by atomic mass is 9.85. The summed E-state index contributed by atoms with van der Waals surface area (Å²) in [7, 11) is 4.31. The number of nitrogens with zero attached hydrogens (tertiary/aromatic N) is 1. The molecule has 156 valence electrons. The molecule has 0 bridgehead atoms. The third-order valence-electron chi connectivity index (χ3n) is 5.55. The summed E-state index contributed by atoms with van der Waals surface area (Å²) in [5, 5.41) is 9.13. The summed E-state index contributed by atoms with van der Waals surface area (Å²) in [6.07, 6.45) is 2.02. The Morgan fingerprint density at radius 3 is 2.10 bits per heavy atom. The van der Waals surface area contributed by atoms with Gasteiger partial charge in [0, 0.05) is 19.6 Å². The van der Waals surface area contributed by atoms with E-state index in [1.165, 1.54) is 0 Å². The maximum absolute atomic E-state index is 13.7. The molecule has 1 aliphatic rings. The lowest BCUT2D eigenvalue weighted by molar-refractivity contribution is -0.879. The Bertz CT molecular complexity index is 736. The summed E-state index contributed by atoms with van der Waals surface area (Å²) in [6.45, 7) is 2.24. The van der Waals surface area contributed by atoms with Crippen molar-refractivity contribution in [2.45, 2.75) is 31.0 Å². The van der Waals surface area contributed by atoms with Gasteiger partial charge in [-0.2, -0.15) is 0 Å². The predicted molar refractivity (Wildman–Crippen MR) is 112 cm³/mol.